The Bertz CT molecular complexity index is 1660. The van der Waals surface area contributed by atoms with Gasteiger partial charge >= 0.3 is 33.3 Å². The van der Waals surface area contributed by atoms with Gasteiger partial charge in [0.15, 0.2) is 12.3 Å². The van der Waals surface area contributed by atoms with Gasteiger partial charge in [-0.3, -0.25) is 23.2 Å². The number of rotatable bonds is 36. The zero-order chi connectivity index (χ0) is 46.5. The molecule has 1 aromatic heterocycles. The van der Waals surface area contributed by atoms with Crippen LogP contribution in [-0.4, -0.2) is 85.7 Å². The van der Waals surface area contributed by atoms with Gasteiger partial charge in [-0.25, -0.2) is 13.9 Å². The molecule has 2 heterocycles. The number of aliphatic hydroxyl groups excluding tert-OH is 2. The van der Waals surface area contributed by atoms with Crippen LogP contribution in [0.2, 0.25) is 0 Å². The summed E-state index contributed by atoms with van der Waals surface area (Å²) in [5, 5.41) is 20.8. The fraction of sp³-hybridized carbons (Fsp3) is 0.767. The fourth-order valence-electron chi connectivity index (χ4n) is 6.66. The molecule has 362 valence electrons. The number of carbonyl (C=O) groups excluding carboxylic acids is 2. The highest BCUT2D eigenvalue weighted by Gasteiger charge is 2.46. The third-order valence-electron chi connectivity index (χ3n) is 10.2. The summed E-state index contributed by atoms with van der Waals surface area (Å²) in [6.45, 7) is 4.31. The number of phosphoric ester groups is 2. The van der Waals surface area contributed by atoms with Gasteiger partial charge in [-0.2, -0.15) is 9.29 Å². The fourth-order valence-corrected chi connectivity index (χ4v) is 8.77. The van der Waals surface area contributed by atoms with E-state index in [0.29, 0.717) is 18.8 Å². The number of nitrogens with zero attached hydrogens (tertiary/aromatic N) is 2. The van der Waals surface area contributed by atoms with Crippen molar-refractivity contribution in [3.8, 4) is 0 Å². The van der Waals surface area contributed by atoms with Gasteiger partial charge in [0.25, 0.3) is 0 Å². The zero-order valence-electron chi connectivity index (χ0n) is 37.5. The number of hydrogen-bond donors (Lipinski definition) is 5. The lowest BCUT2D eigenvalue weighted by molar-refractivity contribution is -0.161. The lowest BCUT2D eigenvalue weighted by atomic mass is 10.0. The van der Waals surface area contributed by atoms with Crippen molar-refractivity contribution < 1.29 is 66.3 Å². The van der Waals surface area contributed by atoms with Crippen molar-refractivity contribution in [3.63, 3.8) is 0 Å². The maximum Gasteiger partial charge on any atom is 0.481 e. The van der Waals surface area contributed by atoms with Gasteiger partial charge in [0.2, 0.25) is 0 Å². The van der Waals surface area contributed by atoms with E-state index in [9.17, 15) is 43.5 Å². The number of unbranched alkanes of at least 4 members (excludes halogenated alkanes) is 15. The monoisotopic (exact) mass is 935 g/mol. The normalized spacial score (nSPS) is 20.3. The number of hydrogen-bond acceptors (Lipinski definition) is 15. The van der Waals surface area contributed by atoms with Gasteiger partial charge in [0.1, 0.15) is 30.7 Å². The van der Waals surface area contributed by atoms with Gasteiger partial charge in [-0.1, -0.05) is 129 Å². The highest BCUT2D eigenvalue weighted by Crippen LogP contribution is 2.60. The number of anilines is 1. The largest absolute Gasteiger partial charge is 0.481 e. The number of allylic oxidation sites excluding steroid dienone is 4. The zero-order valence-corrected chi connectivity index (χ0v) is 39.3. The topological polar surface area (TPSA) is 265 Å². The molecule has 0 aromatic carbocycles. The molecule has 1 fully saturated rings. The maximum atomic E-state index is 12.8. The Hall–Kier alpha value is -2.76. The highest BCUT2D eigenvalue weighted by atomic mass is 31.3. The molecule has 0 bridgehead atoms. The molecule has 0 aliphatic carbocycles. The van der Waals surface area contributed by atoms with Gasteiger partial charge in [-0.15, -0.1) is 0 Å². The van der Waals surface area contributed by atoms with Crippen LogP contribution in [-0.2, 0) is 46.3 Å². The van der Waals surface area contributed by atoms with Crippen molar-refractivity contribution in [1.29, 1.82) is 0 Å². The minimum Gasteiger partial charge on any atom is -0.462 e. The van der Waals surface area contributed by atoms with Crippen molar-refractivity contribution in [1.82, 2.24) is 9.55 Å². The van der Waals surface area contributed by atoms with Crippen LogP contribution in [0.3, 0.4) is 0 Å². The van der Waals surface area contributed by atoms with E-state index in [-0.39, 0.29) is 18.7 Å². The minimum absolute atomic E-state index is 0.0461. The number of carbonyl (C=O) groups is 2. The molecule has 3 unspecified atom stereocenters. The van der Waals surface area contributed by atoms with Crippen molar-refractivity contribution in [3.05, 3.63) is 47.1 Å². The molecule has 1 aliphatic rings. The minimum atomic E-state index is -5.42. The summed E-state index contributed by atoms with van der Waals surface area (Å²) in [7, 11) is -10.8. The molecular weight excluding hydrogens is 860 g/mol. The van der Waals surface area contributed by atoms with E-state index in [4.69, 9.17) is 29.0 Å². The molecule has 0 spiro atoms. The van der Waals surface area contributed by atoms with Crippen molar-refractivity contribution >= 4 is 33.4 Å². The van der Waals surface area contributed by atoms with Crippen molar-refractivity contribution in [2.45, 2.75) is 186 Å². The molecule has 18 nitrogen and oxygen atoms in total. The van der Waals surface area contributed by atoms with Gasteiger partial charge in [0, 0.05) is 19.0 Å². The van der Waals surface area contributed by atoms with E-state index in [1.807, 2.05) is 0 Å². The molecule has 1 aliphatic heterocycles. The first-order valence-corrected chi connectivity index (χ1v) is 25.7. The van der Waals surface area contributed by atoms with Crippen LogP contribution in [0.15, 0.2) is 41.4 Å². The summed E-state index contributed by atoms with van der Waals surface area (Å²) in [5.74, 6) is -0.629. The molecule has 20 heteroatoms. The van der Waals surface area contributed by atoms with Crippen LogP contribution in [0.1, 0.15) is 162 Å². The van der Waals surface area contributed by atoms with Gasteiger partial charge in [0.05, 0.1) is 13.2 Å². The van der Waals surface area contributed by atoms with E-state index in [1.54, 1.807) is 0 Å². The van der Waals surface area contributed by atoms with Crippen molar-refractivity contribution in [2.75, 3.05) is 25.6 Å². The number of aliphatic hydroxyl groups is 2. The average molecular weight is 936 g/mol. The third kappa shape index (κ3) is 26.1. The van der Waals surface area contributed by atoms with E-state index < -0.39 is 83.7 Å². The molecule has 1 aromatic rings. The lowest BCUT2D eigenvalue weighted by Gasteiger charge is -2.21. The van der Waals surface area contributed by atoms with Crippen LogP contribution in [0.25, 0.3) is 0 Å². The molecule has 1 saturated heterocycles. The lowest BCUT2D eigenvalue weighted by Crippen LogP contribution is -2.36. The summed E-state index contributed by atoms with van der Waals surface area (Å²) >= 11 is 0. The van der Waals surface area contributed by atoms with Gasteiger partial charge in [-0.05, 0) is 50.5 Å². The number of nitrogen functional groups attached to an aromatic ring is 1. The predicted molar refractivity (Wildman–Crippen MR) is 238 cm³/mol. The van der Waals surface area contributed by atoms with E-state index in [1.165, 1.54) is 51.0 Å². The number of phosphoric acid groups is 2. The molecule has 2 rings (SSSR count). The van der Waals surface area contributed by atoms with Gasteiger partial charge < -0.3 is 39.9 Å². The predicted octanol–water partition coefficient (Wildman–Crippen LogP) is 8.13. The maximum absolute atomic E-state index is 12.8. The third-order valence-corrected chi connectivity index (χ3v) is 12.8. The highest BCUT2D eigenvalue weighted by molar-refractivity contribution is 7.61. The molecule has 6 N–H and O–H groups in total. The van der Waals surface area contributed by atoms with Crippen LogP contribution >= 0.6 is 15.6 Å². The first kappa shape index (κ1) is 56.4. The second-order valence-electron chi connectivity index (χ2n) is 16.4. The Kier molecular flexibility index (Phi) is 28.6. The van der Waals surface area contributed by atoms with Crippen LogP contribution < -0.4 is 11.4 Å². The first-order chi connectivity index (χ1) is 30.0. The Morgan fingerprint density at radius 1 is 0.810 bits per heavy atom. The summed E-state index contributed by atoms with van der Waals surface area (Å²) in [5.41, 5.74) is 4.57. The van der Waals surface area contributed by atoms with E-state index in [2.05, 4.69) is 54.4 Å². The second-order valence-corrected chi connectivity index (χ2v) is 19.5. The smallest absolute Gasteiger partial charge is 0.462 e. The van der Waals surface area contributed by atoms with Crippen LogP contribution in [0.4, 0.5) is 5.82 Å². The molecule has 63 heavy (non-hydrogen) atoms. The number of nitrogens with two attached hydrogens (primary N) is 1. The average Bonchev–Trinajstić information content (AvgIpc) is 3.50. The summed E-state index contributed by atoms with van der Waals surface area (Å²) in [6, 6.07) is 1.25. The number of aromatic nitrogens is 2. The molecule has 0 radical (unpaired) electrons. The standard InChI is InChI=1S/C43H75N3O15P2/c1-4-5-6-7-8-9-10-11-12-13-14-15-18-21-24-27-38(47)56-31-35(59-39(48)28-25-22-19-16-17-20-23-26-34(2)3)32-57-62(52,53)61-63(54,55)58-33-36-40(49)41(50)42(60-36)46-30-29-37(44)45-43(46)51/h9-12,29-30,34-36,40-42,49-50H,4-8,13-28,31-33H2,1-3H3,(H,52,53)(H,54,55)(H2,44,45,51)/b10-9-,12-11-/t35-,36-,40+,41?,42-/m1/s1. The Balaban J connectivity index is 1.83. The van der Waals surface area contributed by atoms with Crippen LogP contribution in [0.5, 0.6) is 0 Å². The summed E-state index contributed by atoms with van der Waals surface area (Å²) < 4.78 is 56.5. The van der Waals surface area contributed by atoms with E-state index >= 15 is 0 Å². The second kappa shape index (κ2) is 32.0. The number of ether oxygens (including phenoxy) is 3. The van der Waals surface area contributed by atoms with Crippen molar-refractivity contribution in [2.24, 2.45) is 5.92 Å². The summed E-state index contributed by atoms with van der Waals surface area (Å²) in [6.07, 6.45) is 21.7. The molecule has 0 amide bonds. The molecular formula is C43H75N3O15P2. The molecule has 7 atom stereocenters. The Morgan fingerprint density at radius 3 is 1.97 bits per heavy atom. The quantitative estimate of drug-likeness (QED) is 0.0184. The Morgan fingerprint density at radius 2 is 1.37 bits per heavy atom. The Labute approximate surface area is 373 Å². The first-order valence-electron chi connectivity index (χ1n) is 22.7. The number of esters is 2. The SMILES string of the molecule is CCCCCC/C=C\C=C/CCCCCCCC(=O)OC[C@H](COP(=O)(O)OP(=O)(O)OC[C@H]1O[C@@H](n2ccc(N)nc2=O)C(O)[C@H]1O)OC(=O)CCCCCCCCCC(C)C. The summed E-state index contributed by atoms with van der Waals surface area (Å²) in [4.78, 5) is 61.6. The van der Waals surface area contributed by atoms with Crippen LogP contribution in [0, 0.1) is 5.92 Å². The molecule has 0 saturated carbocycles. The van der Waals surface area contributed by atoms with E-state index in [0.717, 1.165) is 75.0 Å².